The first-order chi connectivity index (χ1) is 10.1. The number of carboxylic acid groups (broad SMARTS) is 1. The number of hydrogen-bond donors (Lipinski definition) is 2. The van der Waals surface area contributed by atoms with Crippen molar-refractivity contribution in [2.45, 2.75) is 25.3 Å². The third-order valence-corrected chi connectivity index (χ3v) is 3.80. The van der Waals surface area contributed by atoms with E-state index in [4.69, 9.17) is 11.6 Å². The molecule has 0 amide bonds. The molecular weight excluding hydrogens is 286 g/mol. The molecule has 0 aliphatic rings. The summed E-state index contributed by atoms with van der Waals surface area (Å²) < 4.78 is 0. The lowest BCUT2D eigenvalue weighted by molar-refractivity contribution is -0.142. The summed E-state index contributed by atoms with van der Waals surface area (Å²) >= 11 is 5.97. The Morgan fingerprint density at radius 1 is 1.19 bits per heavy atom. The molecule has 0 fully saturated rings. The highest BCUT2D eigenvalue weighted by molar-refractivity contribution is 6.30. The lowest BCUT2D eigenvalue weighted by atomic mass is 9.87. The van der Waals surface area contributed by atoms with Gasteiger partial charge < -0.3 is 10.4 Å². The van der Waals surface area contributed by atoms with Crippen LogP contribution in [0.1, 0.15) is 18.9 Å². The van der Waals surface area contributed by atoms with Crippen LogP contribution in [0.5, 0.6) is 0 Å². The van der Waals surface area contributed by atoms with Gasteiger partial charge in [0.05, 0.1) is 0 Å². The van der Waals surface area contributed by atoms with Crippen molar-refractivity contribution in [3.8, 4) is 0 Å². The first kappa shape index (κ1) is 15.4. The third kappa shape index (κ3) is 3.76. The zero-order valence-electron chi connectivity index (χ0n) is 11.8. The molecule has 0 aliphatic carbocycles. The topological polar surface area (TPSA) is 49.3 Å². The van der Waals surface area contributed by atoms with Gasteiger partial charge in [-0.1, -0.05) is 54.9 Å². The second-order valence-corrected chi connectivity index (χ2v) is 5.47. The molecule has 1 unspecified atom stereocenters. The Morgan fingerprint density at radius 2 is 1.90 bits per heavy atom. The fraction of sp³-hybridized carbons (Fsp3) is 0.235. The van der Waals surface area contributed by atoms with Crippen LogP contribution in [0.4, 0.5) is 5.69 Å². The minimum Gasteiger partial charge on any atom is -0.479 e. The molecule has 110 valence electrons. The maximum atomic E-state index is 11.9. The second kappa shape index (κ2) is 6.64. The molecule has 3 nitrogen and oxygen atoms in total. The van der Waals surface area contributed by atoms with Crippen molar-refractivity contribution in [1.29, 1.82) is 0 Å². The minimum atomic E-state index is -1.05. The zero-order chi connectivity index (χ0) is 15.3. The van der Waals surface area contributed by atoms with Crippen molar-refractivity contribution in [2.24, 2.45) is 0 Å². The van der Waals surface area contributed by atoms with E-state index < -0.39 is 11.5 Å². The minimum absolute atomic E-state index is 0.409. The Kier molecular flexibility index (Phi) is 4.86. The molecular formula is C17H18ClNO2. The van der Waals surface area contributed by atoms with Gasteiger partial charge in [0.1, 0.15) is 5.54 Å². The van der Waals surface area contributed by atoms with Crippen LogP contribution in [0.2, 0.25) is 5.02 Å². The molecule has 0 heterocycles. The Labute approximate surface area is 129 Å². The van der Waals surface area contributed by atoms with E-state index in [1.54, 1.807) is 18.2 Å². The van der Waals surface area contributed by atoms with Gasteiger partial charge in [-0.2, -0.15) is 0 Å². The van der Waals surface area contributed by atoms with Crippen LogP contribution in [0.3, 0.4) is 0 Å². The highest BCUT2D eigenvalue weighted by Gasteiger charge is 2.36. The van der Waals surface area contributed by atoms with Gasteiger partial charge in [-0.15, -0.1) is 0 Å². The van der Waals surface area contributed by atoms with Crippen LogP contribution in [-0.4, -0.2) is 16.6 Å². The van der Waals surface area contributed by atoms with E-state index in [1.165, 1.54) is 0 Å². The number of carboxylic acids is 1. The Balaban J connectivity index is 2.31. The van der Waals surface area contributed by atoms with E-state index in [1.807, 2.05) is 43.3 Å². The number of rotatable bonds is 6. The highest BCUT2D eigenvalue weighted by Crippen LogP contribution is 2.25. The van der Waals surface area contributed by atoms with Crippen molar-refractivity contribution in [2.75, 3.05) is 5.32 Å². The highest BCUT2D eigenvalue weighted by atomic mass is 35.5. The van der Waals surface area contributed by atoms with Crippen molar-refractivity contribution >= 4 is 23.3 Å². The van der Waals surface area contributed by atoms with Crippen molar-refractivity contribution in [3.05, 3.63) is 65.2 Å². The van der Waals surface area contributed by atoms with Crippen molar-refractivity contribution < 1.29 is 9.90 Å². The fourth-order valence-corrected chi connectivity index (χ4v) is 2.52. The molecule has 0 radical (unpaired) electrons. The van der Waals surface area contributed by atoms with Crippen molar-refractivity contribution in [3.63, 3.8) is 0 Å². The van der Waals surface area contributed by atoms with Gasteiger partial charge in [0, 0.05) is 17.1 Å². The van der Waals surface area contributed by atoms with Crippen LogP contribution in [0, 0.1) is 0 Å². The number of nitrogens with one attached hydrogen (secondary N) is 1. The summed E-state index contributed by atoms with van der Waals surface area (Å²) in [4.78, 5) is 11.9. The largest absolute Gasteiger partial charge is 0.479 e. The molecule has 2 N–H and O–H groups in total. The summed E-state index contributed by atoms with van der Waals surface area (Å²) in [5.41, 5.74) is 0.644. The quantitative estimate of drug-likeness (QED) is 0.839. The molecule has 1 atom stereocenters. The third-order valence-electron chi connectivity index (χ3n) is 3.57. The lowest BCUT2D eigenvalue weighted by Crippen LogP contribution is -2.47. The molecule has 4 heteroatoms. The van der Waals surface area contributed by atoms with Crippen LogP contribution in [-0.2, 0) is 11.2 Å². The molecule has 0 saturated carbocycles. The molecule has 0 spiro atoms. The first-order valence-corrected chi connectivity index (χ1v) is 7.24. The molecule has 0 aromatic heterocycles. The lowest BCUT2D eigenvalue weighted by Gasteiger charge is -2.31. The van der Waals surface area contributed by atoms with Gasteiger partial charge >= 0.3 is 5.97 Å². The van der Waals surface area contributed by atoms with E-state index in [0.717, 1.165) is 5.56 Å². The average molecular weight is 304 g/mol. The summed E-state index contributed by atoms with van der Waals surface area (Å²) in [5.74, 6) is -0.867. The van der Waals surface area contributed by atoms with E-state index in [-0.39, 0.29) is 0 Å². The Morgan fingerprint density at radius 3 is 2.48 bits per heavy atom. The van der Waals surface area contributed by atoms with Gasteiger partial charge in [-0.05, 0) is 30.2 Å². The molecule has 0 saturated heterocycles. The monoisotopic (exact) mass is 303 g/mol. The molecule has 2 aromatic rings. The summed E-state index contributed by atoms with van der Waals surface area (Å²) in [5, 5.41) is 13.4. The van der Waals surface area contributed by atoms with Crippen LogP contribution in [0.15, 0.2) is 54.6 Å². The van der Waals surface area contributed by atoms with Crippen LogP contribution >= 0.6 is 11.6 Å². The number of aliphatic carboxylic acids is 1. The average Bonchev–Trinajstić information content (AvgIpc) is 2.47. The zero-order valence-corrected chi connectivity index (χ0v) is 12.6. The van der Waals surface area contributed by atoms with Gasteiger partial charge in [0.15, 0.2) is 0 Å². The fourth-order valence-electron chi connectivity index (χ4n) is 2.32. The number of carbonyl (C=O) groups is 1. The number of benzene rings is 2. The predicted octanol–water partition coefficient (Wildman–Crippen LogP) is 4.23. The number of hydrogen-bond acceptors (Lipinski definition) is 2. The van der Waals surface area contributed by atoms with Crippen LogP contribution < -0.4 is 5.32 Å². The van der Waals surface area contributed by atoms with E-state index in [0.29, 0.717) is 23.6 Å². The number of anilines is 1. The Bertz CT molecular complexity index is 615. The summed E-state index contributed by atoms with van der Waals surface area (Å²) in [6.07, 6.45) is 0.871. The second-order valence-electron chi connectivity index (χ2n) is 5.04. The van der Waals surface area contributed by atoms with E-state index in [2.05, 4.69) is 5.32 Å². The van der Waals surface area contributed by atoms with Gasteiger partial charge in [-0.3, -0.25) is 0 Å². The molecule has 2 aromatic carbocycles. The summed E-state index contributed by atoms with van der Waals surface area (Å²) in [6.45, 7) is 1.87. The molecule has 21 heavy (non-hydrogen) atoms. The molecule has 2 rings (SSSR count). The van der Waals surface area contributed by atoms with Gasteiger partial charge in [0.2, 0.25) is 0 Å². The van der Waals surface area contributed by atoms with E-state index >= 15 is 0 Å². The predicted molar refractivity (Wildman–Crippen MR) is 85.9 cm³/mol. The maximum absolute atomic E-state index is 11.9. The van der Waals surface area contributed by atoms with Gasteiger partial charge in [-0.25, -0.2) is 4.79 Å². The summed E-state index contributed by atoms with van der Waals surface area (Å²) in [7, 11) is 0. The Hall–Kier alpha value is -2.00. The summed E-state index contributed by atoms with van der Waals surface area (Å²) in [6, 6.07) is 16.7. The molecule has 0 aliphatic heterocycles. The maximum Gasteiger partial charge on any atom is 0.329 e. The first-order valence-electron chi connectivity index (χ1n) is 6.87. The van der Waals surface area contributed by atoms with E-state index in [9.17, 15) is 9.90 Å². The standard InChI is InChI=1S/C17H18ClNO2/c1-2-17(16(20)21,12-13-7-4-3-5-8-13)19-15-10-6-9-14(18)11-15/h3-11,19H,2,12H2,1H3,(H,20,21). The number of halogens is 1. The van der Waals surface area contributed by atoms with Crippen molar-refractivity contribution in [1.82, 2.24) is 0 Å². The van der Waals surface area contributed by atoms with Crippen LogP contribution in [0.25, 0.3) is 0 Å². The van der Waals surface area contributed by atoms with Gasteiger partial charge in [0.25, 0.3) is 0 Å². The SMILES string of the molecule is CCC(Cc1ccccc1)(Nc1cccc(Cl)c1)C(=O)O. The normalized spacial score (nSPS) is 13.4. The molecule has 0 bridgehead atoms. The smallest absolute Gasteiger partial charge is 0.329 e.